The van der Waals surface area contributed by atoms with E-state index in [4.69, 9.17) is 4.52 Å². The van der Waals surface area contributed by atoms with Crippen molar-refractivity contribution in [3.8, 4) is 11.4 Å². The van der Waals surface area contributed by atoms with Crippen molar-refractivity contribution in [3.05, 3.63) is 42.8 Å². The summed E-state index contributed by atoms with van der Waals surface area (Å²) in [6.45, 7) is 0.462. The molecule has 3 aromatic rings. The molecule has 8 nitrogen and oxygen atoms in total. The molecule has 3 heterocycles. The molecule has 21 heavy (non-hydrogen) atoms. The number of hydrogen-bond acceptors (Lipinski definition) is 5. The van der Waals surface area contributed by atoms with E-state index in [-0.39, 0.29) is 19.0 Å². The van der Waals surface area contributed by atoms with Gasteiger partial charge in [0, 0.05) is 25.6 Å². The number of aryl methyl sites for hydroxylation is 1. The Morgan fingerprint density at radius 2 is 2.19 bits per heavy atom. The van der Waals surface area contributed by atoms with E-state index < -0.39 is 0 Å². The molecule has 0 atom stereocenters. The number of rotatable bonds is 5. The van der Waals surface area contributed by atoms with Crippen molar-refractivity contribution < 1.29 is 9.32 Å². The second kappa shape index (κ2) is 5.61. The predicted molar refractivity (Wildman–Crippen MR) is 72.8 cm³/mol. The summed E-state index contributed by atoms with van der Waals surface area (Å²) < 4.78 is 8.53. The van der Waals surface area contributed by atoms with Gasteiger partial charge in [-0.15, -0.1) is 0 Å². The van der Waals surface area contributed by atoms with Crippen molar-refractivity contribution in [1.82, 2.24) is 29.8 Å². The van der Waals surface area contributed by atoms with Gasteiger partial charge >= 0.3 is 0 Å². The molecule has 3 rings (SSSR count). The van der Waals surface area contributed by atoms with Gasteiger partial charge in [0.15, 0.2) is 0 Å². The number of nitrogens with zero attached hydrogens (tertiary/aromatic N) is 5. The zero-order valence-electron chi connectivity index (χ0n) is 11.4. The lowest BCUT2D eigenvalue weighted by Crippen LogP contribution is -2.26. The van der Waals surface area contributed by atoms with Crippen LogP contribution in [0.25, 0.3) is 11.4 Å². The SMILES string of the molecule is Cn1cc(-c2noc(CNC(=O)Cn3cccc3)n2)cn1. The maximum atomic E-state index is 11.7. The highest BCUT2D eigenvalue weighted by molar-refractivity contribution is 5.75. The Balaban J connectivity index is 1.56. The number of nitrogens with one attached hydrogen (secondary N) is 1. The quantitative estimate of drug-likeness (QED) is 0.741. The van der Waals surface area contributed by atoms with Gasteiger partial charge in [0.2, 0.25) is 17.6 Å². The average Bonchev–Trinajstić information content (AvgIpc) is 3.17. The summed E-state index contributed by atoms with van der Waals surface area (Å²) in [5.74, 6) is 0.694. The summed E-state index contributed by atoms with van der Waals surface area (Å²) >= 11 is 0. The third-order valence-corrected chi connectivity index (χ3v) is 2.86. The average molecular weight is 286 g/mol. The van der Waals surface area contributed by atoms with E-state index in [1.807, 2.05) is 31.6 Å². The van der Waals surface area contributed by atoms with Crippen molar-refractivity contribution in [1.29, 1.82) is 0 Å². The van der Waals surface area contributed by atoms with Gasteiger partial charge in [-0.25, -0.2) is 0 Å². The Labute approximate surface area is 120 Å². The van der Waals surface area contributed by atoms with Crippen molar-refractivity contribution >= 4 is 5.91 Å². The van der Waals surface area contributed by atoms with Gasteiger partial charge in [0.1, 0.15) is 6.54 Å². The molecular weight excluding hydrogens is 272 g/mol. The summed E-state index contributed by atoms with van der Waals surface area (Å²) in [5, 5.41) is 10.6. The van der Waals surface area contributed by atoms with Crippen molar-refractivity contribution in [2.75, 3.05) is 0 Å². The first-order valence-corrected chi connectivity index (χ1v) is 6.40. The van der Waals surface area contributed by atoms with Crippen LogP contribution in [0.3, 0.4) is 0 Å². The highest BCUT2D eigenvalue weighted by Gasteiger charge is 2.11. The van der Waals surface area contributed by atoms with Crippen LogP contribution < -0.4 is 5.32 Å². The first-order valence-electron chi connectivity index (χ1n) is 6.40. The largest absolute Gasteiger partial charge is 0.345 e. The van der Waals surface area contributed by atoms with Crippen LogP contribution in [0, 0.1) is 0 Å². The summed E-state index contributed by atoms with van der Waals surface area (Å²) in [6.07, 6.45) is 7.10. The molecule has 108 valence electrons. The van der Waals surface area contributed by atoms with Gasteiger partial charge in [-0.2, -0.15) is 10.1 Å². The number of aromatic nitrogens is 5. The molecule has 0 aromatic carbocycles. The minimum absolute atomic E-state index is 0.118. The van der Waals surface area contributed by atoms with Crippen LogP contribution >= 0.6 is 0 Å². The molecule has 3 aromatic heterocycles. The number of hydrogen-bond donors (Lipinski definition) is 1. The summed E-state index contributed by atoms with van der Waals surface area (Å²) in [4.78, 5) is 15.9. The molecule has 1 amide bonds. The molecule has 0 unspecified atom stereocenters. The van der Waals surface area contributed by atoms with Gasteiger partial charge in [-0.3, -0.25) is 9.48 Å². The Bertz CT molecular complexity index is 728. The fraction of sp³-hybridized carbons (Fsp3) is 0.231. The van der Waals surface area contributed by atoms with Crippen LogP contribution in [0.5, 0.6) is 0 Å². The summed E-state index contributed by atoms with van der Waals surface area (Å²) in [7, 11) is 1.81. The zero-order valence-corrected chi connectivity index (χ0v) is 11.4. The Morgan fingerprint density at radius 1 is 1.38 bits per heavy atom. The highest BCUT2D eigenvalue weighted by atomic mass is 16.5. The third kappa shape index (κ3) is 3.16. The number of carbonyl (C=O) groups is 1. The van der Waals surface area contributed by atoms with Crippen molar-refractivity contribution in [3.63, 3.8) is 0 Å². The van der Waals surface area contributed by atoms with Gasteiger partial charge in [0.25, 0.3) is 0 Å². The van der Waals surface area contributed by atoms with E-state index in [9.17, 15) is 4.79 Å². The lowest BCUT2D eigenvalue weighted by atomic mass is 10.3. The standard InChI is InChI=1S/C13H14N6O2/c1-18-8-10(6-15-18)13-16-12(21-17-13)7-14-11(20)9-19-4-2-3-5-19/h2-6,8H,7,9H2,1H3,(H,14,20). The number of carbonyl (C=O) groups excluding carboxylic acids is 1. The first kappa shape index (κ1) is 13.1. The van der Waals surface area contributed by atoms with Gasteiger partial charge in [-0.05, 0) is 12.1 Å². The maximum Gasteiger partial charge on any atom is 0.246 e. The van der Waals surface area contributed by atoms with E-state index >= 15 is 0 Å². The molecule has 0 aliphatic carbocycles. The molecule has 1 N–H and O–H groups in total. The maximum absolute atomic E-state index is 11.7. The van der Waals surface area contributed by atoms with Crippen LogP contribution in [-0.4, -0.2) is 30.4 Å². The summed E-state index contributed by atoms with van der Waals surface area (Å²) in [5.41, 5.74) is 0.770. The predicted octanol–water partition coefficient (Wildman–Crippen LogP) is 0.588. The highest BCUT2D eigenvalue weighted by Crippen LogP contribution is 2.13. The topological polar surface area (TPSA) is 90.8 Å². The molecule has 0 aliphatic rings. The molecular formula is C13H14N6O2. The fourth-order valence-corrected chi connectivity index (χ4v) is 1.85. The second-order valence-corrected chi connectivity index (χ2v) is 4.55. The normalized spacial score (nSPS) is 10.7. The lowest BCUT2D eigenvalue weighted by molar-refractivity contribution is -0.121. The molecule has 8 heteroatoms. The van der Waals surface area contributed by atoms with Gasteiger partial charge < -0.3 is 14.4 Å². The molecule has 0 saturated heterocycles. The molecule has 0 radical (unpaired) electrons. The Hall–Kier alpha value is -2.90. The zero-order chi connectivity index (χ0) is 14.7. The molecule has 0 saturated carbocycles. The van der Waals surface area contributed by atoms with Crippen LogP contribution in [-0.2, 0) is 24.9 Å². The van der Waals surface area contributed by atoms with E-state index in [0.717, 1.165) is 5.56 Å². The van der Waals surface area contributed by atoms with Crippen molar-refractivity contribution in [2.24, 2.45) is 7.05 Å². The van der Waals surface area contributed by atoms with E-state index in [1.54, 1.807) is 21.6 Å². The van der Waals surface area contributed by atoms with Gasteiger partial charge in [-0.1, -0.05) is 5.16 Å². The fourth-order valence-electron chi connectivity index (χ4n) is 1.85. The van der Waals surface area contributed by atoms with Crippen LogP contribution in [0.1, 0.15) is 5.89 Å². The molecule has 0 bridgehead atoms. The molecule has 0 aliphatic heterocycles. The minimum Gasteiger partial charge on any atom is -0.345 e. The smallest absolute Gasteiger partial charge is 0.246 e. The van der Waals surface area contributed by atoms with E-state index in [0.29, 0.717) is 11.7 Å². The van der Waals surface area contributed by atoms with Crippen LogP contribution in [0.15, 0.2) is 41.4 Å². The molecule has 0 spiro atoms. The summed E-state index contributed by atoms with van der Waals surface area (Å²) in [6, 6.07) is 3.73. The third-order valence-electron chi connectivity index (χ3n) is 2.86. The van der Waals surface area contributed by atoms with Crippen LogP contribution in [0.4, 0.5) is 0 Å². The number of amides is 1. The second-order valence-electron chi connectivity index (χ2n) is 4.55. The lowest BCUT2D eigenvalue weighted by Gasteiger charge is -2.02. The van der Waals surface area contributed by atoms with Gasteiger partial charge in [0.05, 0.1) is 18.3 Å². The minimum atomic E-state index is -0.118. The van der Waals surface area contributed by atoms with E-state index in [2.05, 4.69) is 20.6 Å². The molecule has 0 fully saturated rings. The monoisotopic (exact) mass is 286 g/mol. The van der Waals surface area contributed by atoms with Crippen molar-refractivity contribution in [2.45, 2.75) is 13.1 Å². The Morgan fingerprint density at radius 3 is 2.90 bits per heavy atom. The first-order chi connectivity index (χ1) is 10.2. The van der Waals surface area contributed by atoms with Crippen LogP contribution in [0.2, 0.25) is 0 Å². The van der Waals surface area contributed by atoms with E-state index in [1.165, 1.54) is 0 Å². The Kier molecular flexibility index (Phi) is 3.50.